The Morgan fingerprint density at radius 2 is 1.83 bits per heavy atom. The highest BCUT2D eigenvalue weighted by atomic mass is 16.2. The molecule has 202 valence electrons. The lowest BCUT2D eigenvalue weighted by atomic mass is 9.86. The lowest BCUT2D eigenvalue weighted by Crippen LogP contribution is -2.51. The number of nitrogens with two attached hydrogens (primary N) is 1. The summed E-state index contributed by atoms with van der Waals surface area (Å²) in [5.41, 5.74) is 6.97. The Labute approximate surface area is 219 Å². The second kappa shape index (κ2) is 20.9. The highest BCUT2D eigenvalue weighted by molar-refractivity contribution is 5.86. The van der Waals surface area contributed by atoms with Crippen LogP contribution in [0.5, 0.6) is 0 Å². The lowest BCUT2D eigenvalue weighted by Gasteiger charge is -2.28. The predicted octanol–water partition coefficient (Wildman–Crippen LogP) is 5.58. The molecule has 0 heterocycles. The normalized spacial score (nSPS) is 13.3. The zero-order chi connectivity index (χ0) is 28.9. The molecule has 0 radical (unpaired) electrons. The van der Waals surface area contributed by atoms with Crippen molar-refractivity contribution in [2.75, 3.05) is 7.05 Å². The first-order chi connectivity index (χ1) is 16.7. The Morgan fingerprint density at radius 3 is 2.14 bits per heavy atom. The van der Waals surface area contributed by atoms with Gasteiger partial charge in [-0.2, -0.15) is 5.26 Å². The van der Waals surface area contributed by atoms with Crippen LogP contribution in [0.25, 0.3) is 0 Å². The predicted molar refractivity (Wildman–Crippen MR) is 150 cm³/mol. The highest BCUT2D eigenvalue weighted by Gasteiger charge is 2.29. The second-order valence-corrected chi connectivity index (χ2v) is 9.27. The Balaban J connectivity index is -0.000000478. The van der Waals surface area contributed by atoms with E-state index in [2.05, 4.69) is 37.6 Å². The zero-order valence-corrected chi connectivity index (χ0v) is 23.9. The minimum absolute atomic E-state index is 0.0888. The summed E-state index contributed by atoms with van der Waals surface area (Å²) >= 11 is 0. The molecule has 2 atom stereocenters. The van der Waals surface area contributed by atoms with E-state index in [0.29, 0.717) is 6.42 Å². The molecule has 1 rings (SSSR count). The van der Waals surface area contributed by atoms with Crippen molar-refractivity contribution in [2.24, 2.45) is 17.1 Å². The van der Waals surface area contributed by atoms with Gasteiger partial charge in [0, 0.05) is 25.6 Å². The standard InChI is InChI=1S/C14H21NO.C8H16N2O2.C4H5N.C3H6/c1-5-11(2)14(16)15(4)13-10-8-6-7-9-12(13)3;1-5(11)10-6(7(9)12)8(2,3)4;1-2-3-4-5;1-3-2/h6,8-11H,5,7H2,1-4H3;6H,1-4H3,(H2,9,12)(H,10,11);2H,1,3H2;3H,1H2,2H3/t;6-;;/m.1../s1. The van der Waals surface area contributed by atoms with Gasteiger partial charge in [-0.05, 0) is 43.8 Å². The number of nitrogens with one attached hydrogen (secondary N) is 1. The van der Waals surface area contributed by atoms with Crippen molar-refractivity contribution >= 4 is 17.7 Å². The molecule has 0 aromatic heterocycles. The number of allylic oxidation sites excluding steroid dienone is 7. The number of primary amides is 1. The van der Waals surface area contributed by atoms with Crippen LogP contribution in [0.2, 0.25) is 0 Å². The van der Waals surface area contributed by atoms with Gasteiger partial charge in [-0.3, -0.25) is 14.4 Å². The van der Waals surface area contributed by atoms with Crippen molar-refractivity contribution in [2.45, 2.75) is 80.7 Å². The Kier molecular flexibility index (Phi) is 21.6. The second-order valence-electron chi connectivity index (χ2n) is 9.27. The summed E-state index contributed by atoms with van der Waals surface area (Å²) in [5.74, 6) is -0.464. The van der Waals surface area contributed by atoms with Crippen LogP contribution in [0.15, 0.2) is 60.9 Å². The summed E-state index contributed by atoms with van der Waals surface area (Å²) in [6, 6.07) is 1.30. The molecular weight excluding hydrogens is 452 g/mol. The molecule has 7 nitrogen and oxygen atoms in total. The number of rotatable bonds is 6. The minimum Gasteiger partial charge on any atom is -0.368 e. The smallest absolute Gasteiger partial charge is 0.240 e. The van der Waals surface area contributed by atoms with Crippen molar-refractivity contribution < 1.29 is 14.4 Å². The number of nitriles is 1. The molecule has 7 heteroatoms. The van der Waals surface area contributed by atoms with Crippen LogP contribution in [-0.2, 0) is 14.4 Å². The van der Waals surface area contributed by atoms with Gasteiger partial charge < -0.3 is 16.0 Å². The van der Waals surface area contributed by atoms with Crippen molar-refractivity contribution in [1.82, 2.24) is 10.2 Å². The maximum Gasteiger partial charge on any atom is 0.240 e. The van der Waals surface area contributed by atoms with Gasteiger partial charge in [0.2, 0.25) is 17.7 Å². The van der Waals surface area contributed by atoms with E-state index < -0.39 is 11.9 Å². The summed E-state index contributed by atoms with van der Waals surface area (Å²) in [4.78, 5) is 35.4. The molecule has 0 aromatic carbocycles. The molecule has 3 N–H and O–H groups in total. The first kappa shape index (κ1) is 37.2. The SMILES string of the molecule is C=CC.C=CCC#N.CC(=O)N[C@H](C(N)=O)C(C)(C)C.CCC(C)C(=O)N(C)C1=CC=CCC=C1C. The van der Waals surface area contributed by atoms with Gasteiger partial charge in [0.05, 0.1) is 12.5 Å². The van der Waals surface area contributed by atoms with E-state index in [1.807, 2.05) is 66.8 Å². The van der Waals surface area contributed by atoms with E-state index in [0.717, 1.165) is 18.5 Å². The van der Waals surface area contributed by atoms with Crippen LogP contribution in [-0.4, -0.2) is 35.7 Å². The molecule has 1 aliphatic carbocycles. The molecule has 3 amide bonds. The van der Waals surface area contributed by atoms with Gasteiger partial charge in [-0.1, -0.05) is 65.0 Å². The Bertz CT molecular complexity index is 840. The maximum atomic E-state index is 12.1. The summed E-state index contributed by atoms with van der Waals surface area (Å²) in [6.07, 6.45) is 13.9. The molecule has 0 aromatic rings. The maximum absolute atomic E-state index is 12.1. The van der Waals surface area contributed by atoms with Crippen molar-refractivity contribution in [3.63, 3.8) is 0 Å². The third kappa shape index (κ3) is 18.0. The van der Waals surface area contributed by atoms with Crippen LogP contribution in [0.4, 0.5) is 0 Å². The number of likely N-dealkylation sites (N-methyl/N-ethyl adjacent to an activating group) is 1. The van der Waals surface area contributed by atoms with Crippen molar-refractivity contribution in [3.8, 4) is 6.07 Å². The van der Waals surface area contributed by atoms with E-state index in [1.165, 1.54) is 12.5 Å². The van der Waals surface area contributed by atoms with Crippen LogP contribution >= 0.6 is 0 Å². The summed E-state index contributed by atoms with van der Waals surface area (Å²) in [6.45, 7) is 21.6. The van der Waals surface area contributed by atoms with Crippen LogP contribution in [0.3, 0.4) is 0 Å². The molecule has 0 saturated heterocycles. The molecular formula is C29H48N4O3. The molecule has 0 saturated carbocycles. The van der Waals surface area contributed by atoms with Crippen molar-refractivity contribution in [1.29, 1.82) is 5.26 Å². The molecule has 0 fully saturated rings. The monoisotopic (exact) mass is 500 g/mol. The number of carbonyl (C=O) groups is 3. The number of hydrogen-bond acceptors (Lipinski definition) is 4. The zero-order valence-electron chi connectivity index (χ0n) is 23.9. The van der Waals surface area contributed by atoms with Gasteiger partial charge in [-0.15, -0.1) is 13.2 Å². The van der Waals surface area contributed by atoms with Crippen molar-refractivity contribution in [3.05, 3.63) is 60.9 Å². The molecule has 0 bridgehead atoms. The average molecular weight is 501 g/mol. The molecule has 0 aliphatic heterocycles. The van der Waals surface area contributed by atoms with Gasteiger partial charge in [0.1, 0.15) is 6.04 Å². The molecule has 1 aliphatic rings. The fourth-order valence-electron chi connectivity index (χ4n) is 2.70. The highest BCUT2D eigenvalue weighted by Crippen LogP contribution is 2.20. The van der Waals surface area contributed by atoms with Gasteiger partial charge in [0.15, 0.2) is 0 Å². The first-order valence-electron chi connectivity index (χ1n) is 12.1. The largest absolute Gasteiger partial charge is 0.368 e. The van der Waals surface area contributed by atoms with Gasteiger partial charge >= 0.3 is 0 Å². The van der Waals surface area contributed by atoms with E-state index in [9.17, 15) is 14.4 Å². The third-order valence-electron chi connectivity index (χ3n) is 4.81. The lowest BCUT2D eigenvalue weighted by molar-refractivity contribution is -0.131. The summed E-state index contributed by atoms with van der Waals surface area (Å²) in [7, 11) is 1.86. The molecule has 0 spiro atoms. The van der Waals surface area contributed by atoms with Crippen LogP contribution < -0.4 is 11.1 Å². The van der Waals surface area contributed by atoms with E-state index in [-0.39, 0.29) is 23.1 Å². The average Bonchev–Trinajstić information content (AvgIpc) is 3.01. The Hall–Kier alpha value is -3.40. The summed E-state index contributed by atoms with van der Waals surface area (Å²) in [5, 5.41) is 10.3. The van der Waals surface area contributed by atoms with E-state index in [1.54, 1.807) is 17.1 Å². The number of amides is 3. The van der Waals surface area contributed by atoms with E-state index >= 15 is 0 Å². The third-order valence-corrected chi connectivity index (χ3v) is 4.81. The number of carbonyl (C=O) groups excluding carboxylic acids is 3. The van der Waals surface area contributed by atoms with E-state index in [4.69, 9.17) is 11.0 Å². The van der Waals surface area contributed by atoms with Crippen LogP contribution in [0.1, 0.15) is 74.7 Å². The number of hydrogen-bond donors (Lipinski definition) is 2. The number of nitrogens with zero attached hydrogens (tertiary/aromatic N) is 2. The quantitative estimate of drug-likeness (QED) is 0.463. The topological polar surface area (TPSA) is 116 Å². The first-order valence-corrected chi connectivity index (χ1v) is 12.1. The van der Waals surface area contributed by atoms with Crippen LogP contribution in [0, 0.1) is 22.7 Å². The van der Waals surface area contributed by atoms with Gasteiger partial charge in [0.25, 0.3) is 0 Å². The fourth-order valence-corrected chi connectivity index (χ4v) is 2.70. The van der Waals surface area contributed by atoms with Gasteiger partial charge in [-0.25, -0.2) is 0 Å². The summed E-state index contributed by atoms with van der Waals surface area (Å²) < 4.78 is 0. The Morgan fingerprint density at radius 1 is 1.31 bits per heavy atom. The molecule has 36 heavy (non-hydrogen) atoms. The minimum atomic E-state index is -0.602. The molecule has 1 unspecified atom stereocenters. The fraction of sp³-hybridized carbons (Fsp3) is 0.517.